The van der Waals surface area contributed by atoms with Crippen molar-refractivity contribution in [1.82, 2.24) is 31.1 Å². The van der Waals surface area contributed by atoms with Gasteiger partial charge in [0.05, 0.1) is 20.2 Å². The summed E-state index contributed by atoms with van der Waals surface area (Å²) in [4.78, 5) is 79.0. The molecular weight excluding hydrogens is 580 g/mol. The molecule has 228 valence electrons. The number of nitrogens with zero attached hydrogens (tertiary/aromatic N) is 2. The van der Waals surface area contributed by atoms with Crippen LogP contribution < -0.4 is 26.0 Å². The maximum absolute atomic E-state index is 13.3. The lowest BCUT2D eigenvalue weighted by Crippen LogP contribution is -2.52. The minimum absolute atomic E-state index is 0.0239. The maximum atomic E-state index is 13.3. The Balaban J connectivity index is 1.13. The van der Waals surface area contributed by atoms with E-state index in [0.29, 0.717) is 22.4 Å². The predicted octanol–water partition coefficient (Wildman–Crippen LogP) is 1.61. The number of hydrogen-bond acceptors (Lipinski definition) is 7. The highest BCUT2D eigenvalue weighted by Crippen LogP contribution is 2.35. The largest absolute Gasteiger partial charge is 0.497 e. The first-order chi connectivity index (χ1) is 21.5. The Hall–Kier alpha value is -5.72. The van der Waals surface area contributed by atoms with Crippen molar-refractivity contribution in [2.24, 2.45) is 0 Å². The molecule has 0 aromatic heterocycles. The number of amides is 8. The van der Waals surface area contributed by atoms with Crippen LogP contribution in [0.25, 0.3) is 11.1 Å². The lowest BCUT2D eigenvalue weighted by molar-refractivity contribution is -0.125. The molecule has 0 saturated carbocycles. The van der Waals surface area contributed by atoms with E-state index in [-0.39, 0.29) is 38.0 Å². The lowest BCUT2D eigenvalue weighted by Gasteiger charge is -2.31. The molecule has 2 saturated heterocycles. The van der Waals surface area contributed by atoms with Crippen molar-refractivity contribution in [2.75, 3.05) is 20.2 Å². The van der Waals surface area contributed by atoms with Crippen LogP contribution in [0.15, 0.2) is 60.7 Å². The predicted molar refractivity (Wildman–Crippen MR) is 158 cm³/mol. The molecule has 3 aromatic rings. The number of ether oxygens (including phenoxy) is 1. The summed E-state index contributed by atoms with van der Waals surface area (Å²) in [6, 6.07) is 16.6. The SMILES string of the molecule is COc1ccc2c(c1)C(=O)N(CC1(c3ccc(-c4ccc5c(c4)CN(CC4(C)NC(=O)NC4=O)C5=O)cc3)NC(=O)NC1=O)C2. The smallest absolute Gasteiger partial charge is 0.322 e. The molecule has 0 spiro atoms. The summed E-state index contributed by atoms with van der Waals surface area (Å²) in [5.74, 6) is -0.988. The molecule has 13 nitrogen and oxygen atoms in total. The van der Waals surface area contributed by atoms with Gasteiger partial charge in [-0.3, -0.25) is 29.8 Å². The molecule has 4 aliphatic heterocycles. The van der Waals surface area contributed by atoms with E-state index in [0.717, 1.165) is 22.3 Å². The van der Waals surface area contributed by atoms with E-state index in [1.54, 1.807) is 37.3 Å². The summed E-state index contributed by atoms with van der Waals surface area (Å²) in [6.45, 7) is 2.07. The zero-order chi connectivity index (χ0) is 31.7. The number of hydrogen-bond donors (Lipinski definition) is 4. The zero-order valence-electron chi connectivity index (χ0n) is 24.4. The molecule has 3 aromatic carbocycles. The molecule has 4 aliphatic rings. The van der Waals surface area contributed by atoms with E-state index in [9.17, 15) is 28.8 Å². The molecular formula is C32H28N6O7. The Morgan fingerprint density at radius 2 is 1.33 bits per heavy atom. The van der Waals surface area contributed by atoms with E-state index >= 15 is 0 Å². The van der Waals surface area contributed by atoms with Crippen LogP contribution in [-0.4, -0.2) is 71.2 Å². The quantitative estimate of drug-likeness (QED) is 0.296. The number of nitrogens with one attached hydrogen (secondary N) is 4. The number of fused-ring (bicyclic) bond motifs is 2. The molecule has 0 bridgehead atoms. The number of methoxy groups -OCH3 is 1. The zero-order valence-corrected chi connectivity index (χ0v) is 24.4. The number of urea groups is 2. The van der Waals surface area contributed by atoms with Crippen LogP contribution in [0.5, 0.6) is 5.75 Å². The molecule has 8 amide bonds. The maximum Gasteiger partial charge on any atom is 0.322 e. The van der Waals surface area contributed by atoms with Gasteiger partial charge in [-0.05, 0) is 59.0 Å². The number of benzene rings is 3. The first-order valence-electron chi connectivity index (χ1n) is 14.3. The average Bonchev–Trinajstić information content (AvgIpc) is 3.68. The van der Waals surface area contributed by atoms with Crippen molar-refractivity contribution in [1.29, 1.82) is 0 Å². The van der Waals surface area contributed by atoms with Gasteiger partial charge < -0.3 is 25.2 Å². The summed E-state index contributed by atoms with van der Waals surface area (Å²) in [5, 5.41) is 9.88. The van der Waals surface area contributed by atoms with Crippen molar-refractivity contribution in [3.05, 3.63) is 88.5 Å². The van der Waals surface area contributed by atoms with Gasteiger partial charge in [0.2, 0.25) is 0 Å². The fourth-order valence-electron chi connectivity index (χ4n) is 6.49. The van der Waals surface area contributed by atoms with Gasteiger partial charge in [-0.15, -0.1) is 0 Å². The molecule has 7 rings (SSSR count). The van der Waals surface area contributed by atoms with E-state index in [1.165, 1.54) is 16.9 Å². The Bertz CT molecular complexity index is 1860. The third-order valence-corrected chi connectivity index (χ3v) is 8.89. The average molecular weight is 609 g/mol. The van der Waals surface area contributed by atoms with Crippen molar-refractivity contribution in [3.8, 4) is 16.9 Å². The van der Waals surface area contributed by atoms with Gasteiger partial charge in [0.25, 0.3) is 23.6 Å². The van der Waals surface area contributed by atoms with Crippen molar-refractivity contribution < 1.29 is 33.5 Å². The molecule has 4 heterocycles. The van der Waals surface area contributed by atoms with E-state index in [1.807, 2.05) is 30.3 Å². The minimum atomic E-state index is -1.50. The molecule has 13 heteroatoms. The fourth-order valence-corrected chi connectivity index (χ4v) is 6.49. The van der Waals surface area contributed by atoms with Gasteiger partial charge in [-0.2, -0.15) is 0 Å². The first-order valence-corrected chi connectivity index (χ1v) is 14.3. The van der Waals surface area contributed by atoms with Crippen LogP contribution in [0.4, 0.5) is 9.59 Å². The highest BCUT2D eigenvalue weighted by Gasteiger charge is 2.50. The molecule has 2 fully saturated rings. The second kappa shape index (κ2) is 9.91. The Morgan fingerprint density at radius 1 is 0.689 bits per heavy atom. The van der Waals surface area contributed by atoms with Crippen LogP contribution >= 0.6 is 0 Å². The van der Waals surface area contributed by atoms with Gasteiger partial charge in [0.15, 0.2) is 5.54 Å². The Labute approximate surface area is 256 Å². The van der Waals surface area contributed by atoms with Gasteiger partial charge in [0, 0.05) is 24.2 Å². The summed E-state index contributed by atoms with van der Waals surface area (Å²) < 4.78 is 5.26. The summed E-state index contributed by atoms with van der Waals surface area (Å²) in [5.41, 5.74) is 1.99. The normalized spacial score (nSPS) is 23.5. The van der Waals surface area contributed by atoms with Gasteiger partial charge >= 0.3 is 12.1 Å². The van der Waals surface area contributed by atoms with E-state index in [4.69, 9.17) is 4.74 Å². The van der Waals surface area contributed by atoms with E-state index in [2.05, 4.69) is 21.3 Å². The third kappa shape index (κ3) is 4.46. The minimum Gasteiger partial charge on any atom is -0.497 e. The van der Waals surface area contributed by atoms with Gasteiger partial charge in [0.1, 0.15) is 11.3 Å². The first kappa shape index (κ1) is 28.1. The van der Waals surface area contributed by atoms with Crippen molar-refractivity contribution >= 4 is 35.7 Å². The highest BCUT2D eigenvalue weighted by molar-refractivity contribution is 6.09. The molecule has 2 atom stereocenters. The van der Waals surface area contributed by atoms with Crippen molar-refractivity contribution in [3.63, 3.8) is 0 Å². The van der Waals surface area contributed by atoms with Crippen LogP contribution in [0.3, 0.4) is 0 Å². The standard InChI is InChI=1S/C32H28N6O7/c1-31(27(41)33-29(43)35-31)15-37-14-20-11-18(6-10-23(20)25(37)39)17-3-7-21(8-4-17)32(28(42)34-30(44)36-32)16-38-13-19-5-9-22(45-2)12-24(19)26(38)40/h3-12H,13-16H2,1-2H3,(H2,33,35,41,43)(H2,34,36,42,44). The topological polar surface area (TPSA) is 166 Å². The van der Waals surface area contributed by atoms with Crippen LogP contribution in [0, 0.1) is 0 Å². The number of imide groups is 2. The number of carbonyl (C=O) groups excluding carboxylic acids is 6. The monoisotopic (exact) mass is 608 g/mol. The fraction of sp³-hybridized carbons (Fsp3) is 0.250. The molecule has 45 heavy (non-hydrogen) atoms. The third-order valence-electron chi connectivity index (χ3n) is 8.89. The summed E-state index contributed by atoms with van der Waals surface area (Å²) in [7, 11) is 1.52. The highest BCUT2D eigenvalue weighted by atomic mass is 16.5. The van der Waals surface area contributed by atoms with Crippen LogP contribution in [-0.2, 0) is 28.2 Å². The molecule has 2 unspecified atom stereocenters. The molecule has 0 aliphatic carbocycles. The van der Waals surface area contributed by atoms with Crippen LogP contribution in [0.1, 0.15) is 44.3 Å². The van der Waals surface area contributed by atoms with E-state index < -0.39 is 35.0 Å². The Kier molecular flexibility index (Phi) is 6.18. The Morgan fingerprint density at radius 3 is 2.00 bits per heavy atom. The number of carbonyl (C=O) groups is 6. The molecule has 0 radical (unpaired) electrons. The summed E-state index contributed by atoms with van der Waals surface area (Å²) >= 11 is 0. The van der Waals surface area contributed by atoms with Gasteiger partial charge in [-0.1, -0.05) is 36.4 Å². The van der Waals surface area contributed by atoms with Gasteiger partial charge in [-0.25, -0.2) is 9.59 Å². The van der Waals surface area contributed by atoms with Crippen molar-refractivity contribution in [2.45, 2.75) is 31.1 Å². The van der Waals surface area contributed by atoms with Crippen LogP contribution in [0.2, 0.25) is 0 Å². The summed E-state index contributed by atoms with van der Waals surface area (Å²) in [6.07, 6.45) is 0. The lowest BCUT2D eigenvalue weighted by atomic mass is 9.87. The molecule has 4 N–H and O–H groups in total. The second-order valence-electron chi connectivity index (χ2n) is 11.8. The second-order valence-corrected chi connectivity index (χ2v) is 11.8. The number of rotatable bonds is 7.